The van der Waals surface area contributed by atoms with Gasteiger partial charge in [-0.1, -0.05) is 36.4 Å². The highest BCUT2D eigenvalue weighted by atomic mass is 32.2. The molecule has 2 aromatic carbocycles. The van der Waals surface area contributed by atoms with E-state index in [-0.39, 0.29) is 23.0 Å². The van der Waals surface area contributed by atoms with Gasteiger partial charge in [-0.05, 0) is 37.6 Å². The highest BCUT2D eigenvalue weighted by molar-refractivity contribution is 7.89. The lowest BCUT2D eigenvalue weighted by Gasteiger charge is -2.25. The maximum absolute atomic E-state index is 12.6. The van der Waals surface area contributed by atoms with E-state index in [2.05, 4.69) is 4.72 Å². The second-order valence-electron chi connectivity index (χ2n) is 6.26. The monoisotopic (exact) mass is 390 g/mol. The second-order valence-corrected chi connectivity index (χ2v) is 8.03. The Labute approximate surface area is 158 Å². The maximum Gasteiger partial charge on any atom is 0.323 e. The first kappa shape index (κ1) is 20.6. The van der Waals surface area contributed by atoms with Crippen molar-refractivity contribution in [3.8, 4) is 0 Å². The molecular weight excluding hydrogens is 368 g/mol. The summed E-state index contributed by atoms with van der Waals surface area (Å²) < 4.78 is 27.6. The van der Waals surface area contributed by atoms with E-state index in [1.165, 1.54) is 29.2 Å². The maximum atomic E-state index is 12.6. The molecule has 2 N–H and O–H groups in total. The Morgan fingerprint density at radius 1 is 1.07 bits per heavy atom. The molecule has 0 saturated carbocycles. The molecule has 0 aliphatic heterocycles. The van der Waals surface area contributed by atoms with Gasteiger partial charge in [-0.2, -0.15) is 0 Å². The summed E-state index contributed by atoms with van der Waals surface area (Å²) in [6, 6.07) is 14.3. The number of rotatable bonds is 8. The topological polar surface area (TPSA) is 104 Å². The van der Waals surface area contributed by atoms with Gasteiger partial charge in [0.15, 0.2) is 0 Å². The summed E-state index contributed by atoms with van der Waals surface area (Å²) in [6.45, 7) is 3.06. The molecule has 0 aliphatic carbocycles. The van der Waals surface area contributed by atoms with E-state index in [1.54, 1.807) is 26.0 Å². The van der Waals surface area contributed by atoms with Gasteiger partial charge in [0, 0.05) is 18.2 Å². The number of aliphatic carboxylic acids is 1. The molecule has 1 amide bonds. The third-order valence-electron chi connectivity index (χ3n) is 3.89. The molecule has 0 saturated heterocycles. The zero-order valence-corrected chi connectivity index (χ0v) is 15.9. The number of sulfonamides is 1. The Hall–Kier alpha value is -2.71. The molecule has 0 radical (unpaired) electrons. The van der Waals surface area contributed by atoms with Gasteiger partial charge in [0.25, 0.3) is 5.91 Å². The molecule has 144 valence electrons. The van der Waals surface area contributed by atoms with Crippen LogP contribution in [0.5, 0.6) is 0 Å². The minimum Gasteiger partial charge on any atom is -0.480 e. The molecule has 0 aliphatic rings. The number of benzene rings is 2. The van der Waals surface area contributed by atoms with Gasteiger partial charge in [-0.3, -0.25) is 9.59 Å². The van der Waals surface area contributed by atoms with Gasteiger partial charge in [0.1, 0.15) is 6.54 Å². The molecule has 0 fully saturated rings. The molecule has 0 unspecified atom stereocenters. The normalized spacial score (nSPS) is 11.4. The lowest BCUT2D eigenvalue weighted by molar-refractivity contribution is -0.138. The van der Waals surface area contributed by atoms with Crippen LogP contribution in [0.3, 0.4) is 0 Å². The molecule has 0 spiro atoms. The van der Waals surface area contributed by atoms with Gasteiger partial charge in [0.2, 0.25) is 10.0 Å². The fourth-order valence-corrected chi connectivity index (χ4v) is 3.52. The van der Waals surface area contributed by atoms with E-state index in [1.807, 2.05) is 18.2 Å². The SMILES string of the molecule is CC(C)N(CC(=O)O)C(=O)c1cccc(S(=O)(=O)NCc2ccccc2)c1. The minimum atomic E-state index is -3.82. The standard InChI is InChI=1S/C19H22N2O5S/c1-14(2)21(13-18(22)23)19(24)16-9-6-10-17(11-16)27(25,26)20-12-15-7-4-3-5-8-15/h3-11,14,20H,12-13H2,1-2H3,(H,22,23). The first-order valence-corrected chi connectivity index (χ1v) is 9.85. The summed E-state index contributed by atoms with van der Waals surface area (Å²) in [5, 5.41) is 8.99. The number of carbonyl (C=O) groups excluding carboxylic acids is 1. The van der Waals surface area contributed by atoms with E-state index in [9.17, 15) is 18.0 Å². The molecule has 0 heterocycles. The van der Waals surface area contributed by atoms with Crippen LogP contribution in [0.1, 0.15) is 29.8 Å². The Morgan fingerprint density at radius 2 is 1.74 bits per heavy atom. The minimum absolute atomic E-state index is 0.0525. The predicted molar refractivity (Wildman–Crippen MR) is 101 cm³/mol. The van der Waals surface area contributed by atoms with Crippen LogP contribution in [0.2, 0.25) is 0 Å². The fourth-order valence-electron chi connectivity index (χ4n) is 2.45. The van der Waals surface area contributed by atoms with Crippen LogP contribution in [0, 0.1) is 0 Å². The van der Waals surface area contributed by atoms with Gasteiger partial charge in [-0.25, -0.2) is 13.1 Å². The number of nitrogens with zero attached hydrogens (tertiary/aromatic N) is 1. The summed E-state index contributed by atoms with van der Waals surface area (Å²) in [7, 11) is -3.82. The Balaban J connectivity index is 2.22. The van der Waals surface area contributed by atoms with Crippen molar-refractivity contribution >= 4 is 21.9 Å². The molecule has 0 atom stereocenters. The van der Waals surface area contributed by atoms with Crippen molar-refractivity contribution in [3.05, 3.63) is 65.7 Å². The van der Waals surface area contributed by atoms with Crippen LogP contribution in [0.25, 0.3) is 0 Å². The van der Waals surface area contributed by atoms with E-state index in [0.29, 0.717) is 0 Å². The van der Waals surface area contributed by atoms with Crippen molar-refractivity contribution in [2.75, 3.05) is 6.54 Å². The predicted octanol–water partition coefficient (Wildman–Crippen LogP) is 2.10. The van der Waals surface area contributed by atoms with Crippen molar-refractivity contribution in [2.45, 2.75) is 31.3 Å². The fraction of sp³-hybridized carbons (Fsp3) is 0.263. The highest BCUT2D eigenvalue weighted by Gasteiger charge is 2.23. The second kappa shape index (κ2) is 8.79. The Bertz CT molecular complexity index is 911. The van der Waals surface area contributed by atoms with Crippen LogP contribution < -0.4 is 4.72 Å². The van der Waals surface area contributed by atoms with Crippen LogP contribution in [0.15, 0.2) is 59.5 Å². The van der Waals surface area contributed by atoms with E-state index >= 15 is 0 Å². The number of carboxylic acids is 1. The summed E-state index contributed by atoms with van der Waals surface area (Å²) >= 11 is 0. The first-order valence-electron chi connectivity index (χ1n) is 8.37. The summed E-state index contributed by atoms with van der Waals surface area (Å²) in [6.07, 6.45) is 0. The Morgan fingerprint density at radius 3 is 2.33 bits per heavy atom. The van der Waals surface area contributed by atoms with E-state index in [0.717, 1.165) is 5.56 Å². The van der Waals surface area contributed by atoms with Gasteiger partial charge in [0.05, 0.1) is 4.90 Å². The molecule has 8 heteroatoms. The third kappa shape index (κ3) is 5.63. The average Bonchev–Trinajstić information content (AvgIpc) is 2.64. The number of hydrogen-bond acceptors (Lipinski definition) is 4. The Kier molecular flexibility index (Phi) is 6.70. The molecule has 27 heavy (non-hydrogen) atoms. The van der Waals surface area contributed by atoms with Gasteiger partial charge < -0.3 is 10.0 Å². The van der Waals surface area contributed by atoms with Crippen LogP contribution in [0.4, 0.5) is 0 Å². The van der Waals surface area contributed by atoms with Crippen molar-refractivity contribution in [1.82, 2.24) is 9.62 Å². The molecule has 7 nitrogen and oxygen atoms in total. The molecule has 0 bridgehead atoms. The number of carbonyl (C=O) groups is 2. The van der Waals surface area contributed by atoms with Crippen LogP contribution >= 0.6 is 0 Å². The highest BCUT2D eigenvalue weighted by Crippen LogP contribution is 2.15. The van der Waals surface area contributed by atoms with Crippen molar-refractivity contribution < 1.29 is 23.1 Å². The molecular formula is C19H22N2O5S. The zero-order valence-electron chi connectivity index (χ0n) is 15.1. The van der Waals surface area contributed by atoms with Crippen LogP contribution in [-0.4, -0.2) is 42.9 Å². The zero-order chi connectivity index (χ0) is 20.0. The van der Waals surface area contributed by atoms with E-state index in [4.69, 9.17) is 5.11 Å². The average molecular weight is 390 g/mol. The van der Waals surface area contributed by atoms with Crippen molar-refractivity contribution in [3.63, 3.8) is 0 Å². The molecule has 2 rings (SSSR count). The largest absolute Gasteiger partial charge is 0.480 e. The van der Waals surface area contributed by atoms with Crippen molar-refractivity contribution in [1.29, 1.82) is 0 Å². The van der Waals surface area contributed by atoms with Crippen molar-refractivity contribution in [2.24, 2.45) is 0 Å². The molecule has 2 aromatic rings. The van der Waals surface area contributed by atoms with Gasteiger partial charge >= 0.3 is 5.97 Å². The van der Waals surface area contributed by atoms with E-state index < -0.39 is 28.4 Å². The number of nitrogens with one attached hydrogen (secondary N) is 1. The smallest absolute Gasteiger partial charge is 0.323 e. The number of carboxylic acid groups (broad SMARTS) is 1. The number of amides is 1. The van der Waals surface area contributed by atoms with Gasteiger partial charge in [-0.15, -0.1) is 0 Å². The number of hydrogen-bond donors (Lipinski definition) is 2. The van der Waals surface area contributed by atoms with Crippen LogP contribution in [-0.2, 0) is 21.4 Å². The summed E-state index contributed by atoms with van der Waals surface area (Å²) in [5.41, 5.74) is 0.924. The first-order chi connectivity index (χ1) is 12.7. The lowest BCUT2D eigenvalue weighted by atomic mass is 10.1. The summed E-state index contributed by atoms with van der Waals surface area (Å²) in [4.78, 5) is 24.7. The lowest BCUT2D eigenvalue weighted by Crippen LogP contribution is -2.40. The summed E-state index contributed by atoms with van der Waals surface area (Å²) in [5.74, 6) is -1.67. The third-order valence-corrected chi connectivity index (χ3v) is 5.29. The quantitative estimate of drug-likeness (QED) is 0.718. The molecule has 0 aromatic heterocycles.